The Morgan fingerprint density at radius 2 is 1.91 bits per heavy atom. The molecule has 1 amide bonds. The summed E-state index contributed by atoms with van der Waals surface area (Å²) in [7, 11) is 1.67. The van der Waals surface area contributed by atoms with Gasteiger partial charge >= 0.3 is 0 Å². The number of carbonyl (C=O) groups is 1. The minimum absolute atomic E-state index is 0.108. The van der Waals surface area contributed by atoms with Crippen molar-refractivity contribution in [1.82, 2.24) is 29.3 Å². The molecule has 4 rings (SSSR count). The van der Waals surface area contributed by atoms with Gasteiger partial charge in [-0.1, -0.05) is 30.3 Å². The normalized spacial score (nSPS) is 11.5. The van der Waals surface area contributed by atoms with Crippen molar-refractivity contribution in [2.45, 2.75) is 40.3 Å². The average molecular weight is 438 g/mol. The largest absolute Gasteiger partial charge is 0.337 e. The molecule has 0 aliphatic rings. The van der Waals surface area contributed by atoms with Crippen molar-refractivity contribution in [2.75, 3.05) is 7.05 Å². The van der Waals surface area contributed by atoms with E-state index in [1.807, 2.05) is 31.5 Å². The van der Waals surface area contributed by atoms with Crippen molar-refractivity contribution in [2.24, 2.45) is 0 Å². The molecule has 0 bridgehead atoms. The van der Waals surface area contributed by atoms with Crippen molar-refractivity contribution < 1.29 is 13.6 Å². The molecule has 32 heavy (non-hydrogen) atoms. The summed E-state index contributed by atoms with van der Waals surface area (Å²) in [4.78, 5) is 19.3. The number of alkyl halides is 2. The minimum atomic E-state index is -2.77. The highest BCUT2D eigenvalue weighted by Gasteiger charge is 2.24. The van der Waals surface area contributed by atoms with Crippen LogP contribution in [-0.4, -0.2) is 42.2 Å². The number of aryl methyl sites for hydroxylation is 2. The van der Waals surface area contributed by atoms with Crippen LogP contribution in [-0.2, 0) is 13.1 Å². The van der Waals surface area contributed by atoms with Gasteiger partial charge in [0.25, 0.3) is 12.3 Å². The molecular formula is C23H24F2N6O. The predicted octanol–water partition coefficient (Wildman–Crippen LogP) is 4.44. The Morgan fingerprint density at radius 3 is 2.53 bits per heavy atom. The molecule has 7 nitrogen and oxygen atoms in total. The number of carbonyl (C=O) groups excluding carboxylic acids is 1. The molecule has 3 heterocycles. The van der Waals surface area contributed by atoms with Gasteiger partial charge in [-0.15, -0.1) is 0 Å². The maximum atomic E-state index is 13.8. The first-order valence-electron chi connectivity index (χ1n) is 10.3. The Balaban J connectivity index is 1.75. The van der Waals surface area contributed by atoms with Gasteiger partial charge in [0, 0.05) is 37.0 Å². The van der Waals surface area contributed by atoms with Gasteiger partial charge in [-0.3, -0.25) is 9.48 Å². The van der Waals surface area contributed by atoms with Crippen LogP contribution in [0.1, 0.15) is 46.4 Å². The molecule has 4 aromatic rings. The van der Waals surface area contributed by atoms with Crippen LogP contribution in [0, 0.1) is 13.8 Å². The van der Waals surface area contributed by atoms with E-state index in [4.69, 9.17) is 0 Å². The lowest BCUT2D eigenvalue weighted by Crippen LogP contribution is -2.27. The van der Waals surface area contributed by atoms with Crippen LogP contribution in [0.25, 0.3) is 16.9 Å². The van der Waals surface area contributed by atoms with E-state index in [0.717, 1.165) is 28.0 Å². The van der Waals surface area contributed by atoms with Gasteiger partial charge in [0.2, 0.25) is 0 Å². The molecule has 0 aliphatic heterocycles. The quantitative estimate of drug-likeness (QED) is 0.446. The number of amides is 1. The van der Waals surface area contributed by atoms with Crippen LogP contribution < -0.4 is 0 Å². The molecule has 0 saturated carbocycles. The van der Waals surface area contributed by atoms with Crippen molar-refractivity contribution in [3.63, 3.8) is 0 Å². The molecule has 166 valence electrons. The fourth-order valence-electron chi connectivity index (χ4n) is 3.83. The van der Waals surface area contributed by atoms with Crippen LogP contribution in [0.15, 0.2) is 42.6 Å². The van der Waals surface area contributed by atoms with Crippen molar-refractivity contribution in [3.8, 4) is 11.3 Å². The number of hydrogen-bond donors (Lipinski definition) is 0. The highest BCUT2D eigenvalue weighted by Crippen LogP contribution is 2.27. The van der Waals surface area contributed by atoms with Gasteiger partial charge in [0.1, 0.15) is 11.3 Å². The third-order valence-electron chi connectivity index (χ3n) is 5.60. The van der Waals surface area contributed by atoms with E-state index in [2.05, 4.69) is 15.2 Å². The lowest BCUT2D eigenvalue weighted by Gasteiger charge is -2.17. The Bertz CT molecular complexity index is 1280. The van der Waals surface area contributed by atoms with Crippen LogP contribution in [0.5, 0.6) is 0 Å². The zero-order chi connectivity index (χ0) is 23.0. The topological polar surface area (TPSA) is 68.3 Å². The predicted molar refractivity (Wildman–Crippen MR) is 117 cm³/mol. The smallest absolute Gasteiger partial charge is 0.280 e. The standard InChI is InChI=1S/C23H24F2N6O/c1-5-30-15(3)18(14(2)28-30)13-29(4)23(32)17-12-26-31-20(21(24)25)11-19(27-22(17)31)16-9-7-6-8-10-16/h6-12,21H,5,13H2,1-4H3. The fourth-order valence-corrected chi connectivity index (χ4v) is 3.83. The molecule has 0 fully saturated rings. The molecule has 9 heteroatoms. The minimum Gasteiger partial charge on any atom is -0.337 e. The zero-order valence-corrected chi connectivity index (χ0v) is 18.4. The number of fused-ring (bicyclic) bond motifs is 1. The van der Waals surface area contributed by atoms with Gasteiger partial charge < -0.3 is 4.90 Å². The lowest BCUT2D eigenvalue weighted by molar-refractivity contribution is 0.0786. The number of benzene rings is 1. The Kier molecular flexibility index (Phi) is 5.73. The number of halogens is 2. The van der Waals surface area contributed by atoms with E-state index in [1.54, 1.807) is 31.3 Å². The van der Waals surface area contributed by atoms with Crippen LogP contribution in [0.4, 0.5) is 8.78 Å². The molecule has 0 radical (unpaired) electrons. The molecule has 3 aromatic heterocycles. The molecule has 0 atom stereocenters. The number of aromatic nitrogens is 5. The number of rotatable bonds is 6. The summed E-state index contributed by atoms with van der Waals surface area (Å²) in [5.41, 5.74) is 3.82. The summed E-state index contributed by atoms with van der Waals surface area (Å²) in [6.45, 7) is 6.96. The zero-order valence-electron chi connectivity index (χ0n) is 18.4. The second-order valence-corrected chi connectivity index (χ2v) is 7.65. The van der Waals surface area contributed by atoms with E-state index in [9.17, 15) is 13.6 Å². The van der Waals surface area contributed by atoms with Crippen molar-refractivity contribution in [3.05, 3.63) is 70.8 Å². The molecule has 0 spiro atoms. The van der Waals surface area contributed by atoms with Gasteiger partial charge in [0.15, 0.2) is 5.65 Å². The van der Waals surface area contributed by atoms with E-state index < -0.39 is 6.43 Å². The second-order valence-electron chi connectivity index (χ2n) is 7.65. The first-order valence-corrected chi connectivity index (χ1v) is 10.3. The summed E-state index contributed by atoms with van der Waals surface area (Å²) in [6.07, 6.45) is -1.47. The third kappa shape index (κ3) is 3.74. The van der Waals surface area contributed by atoms with Crippen molar-refractivity contribution in [1.29, 1.82) is 0 Å². The monoisotopic (exact) mass is 438 g/mol. The maximum absolute atomic E-state index is 13.8. The number of hydrogen-bond acceptors (Lipinski definition) is 4. The highest BCUT2D eigenvalue weighted by molar-refractivity contribution is 5.99. The van der Waals surface area contributed by atoms with E-state index in [0.29, 0.717) is 17.8 Å². The molecule has 0 aliphatic carbocycles. The second kappa shape index (κ2) is 8.49. The van der Waals surface area contributed by atoms with E-state index in [-0.39, 0.29) is 22.8 Å². The van der Waals surface area contributed by atoms with E-state index >= 15 is 0 Å². The maximum Gasteiger partial charge on any atom is 0.280 e. The fraction of sp³-hybridized carbons (Fsp3) is 0.304. The molecule has 0 N–H and O–H groups in total. The van der Waals surface area contributed by atoms with Gasteiger partial charge in [-0.05, 0) is 26.8 Å². The molecular weight excluding hydrogens is 414 g/mol. The Labute approximate surface area is 184 Å². The Morgan fingerprint density at radius 1 is 1.19 bits per heavy atom. The SMILES string of the molecule is CCn1nc(C)c(CN(C)C(=O)c2cnn3c(C(F)F)cc(-c4ccccc4)nc23)c1C. The van der Waals surface area contributed by atoms with Crippen LogP contribution in [0.2, 0.25) is 0 Å². The van der Waals surface area contributed by atoms with Crippen LogP contribution in [0.3, 0.4) is 0 Å². The first kappa shape index (κ1) is 21.6. The van der Waals surface area contributed by atoms with Crippen LogP contribution >= 0.6 is 0 Å². The molecule has 0 unspecified atom stereocenters. The average Bonchev–Trinajstić information content (AvgIpc) is 3.34. The van der Waals surface area contributed by atoms with Gasteiger partial charge in [-0.25, -0.2) is 18.3 Å². The Hall–Kier alpha value is -3.62. The molecule has 1 aromatic carbocycles. The summed E-state index contributed by atoms with van der Waals surface area (Å²) < 4.78 is 30.5. The van der Waals surface area contributed by atoms with Gasteiger partial charge in [-0.2, -0.15) is 10.2 Å². The van der Waals surface area contributed by atoms with Crippen molar-refractivity contribution >= 4 is 11.6 Å². The molecule has 0 saturated heterocycles. The summed E-state index contributed by atoms with van der Waals surface area (Å²) >= 11 is 0. The van der Waals surface area contributed by atoms with Gasteiger partial charge in [0.05, 0.1) is 17.6 Å². The van der Waals surface area contributed by atoms with E-state index in [1.165, 1.54) is 17.2 Å². The third-order valence-corrected chi connectivity index (χ3v) is 5.60. The first-order chi connectivity index (χ1) is 15.3. The lowest BCUT2D eigenvalue weighted by atomic mass is 10.1. The summed E-state index contributed by atoms with van der Waals surface area (Å²) in [5, 5.41) is 8.54. The summed E-state index contributed by atoms with van der Waals surface area (Å²) in [6, 6.07) is 10.3. The summed E-state index contributed by atoms with van der Waals surface area (Å²) in [5.74, 6) is -0.346. The number of nitrogens with zero attached hydrogens (tertiary/aromatic N) is 6. The highest BCUT2D eigenvalue weighted by atomic mass is 19.3.